The van der Waals surface area contributed by atoms with Crippen molar-refractivity contribution < 1.29 is 9.59 Å². The summed E-state index contributed by atoms with van der Waals surface area (Å²) in [5.41, 5.74) is -0.386. The van der Waals surface area contributed by atoms with E-state index in [1.54, 1.807) is 0 Å². The lowest BCUT2D eigenvalue weighted by Gasteiger charge is -2.23. The van der Waals surface area contributed by atoms with Crippen LogP contribution in [0.3, 0.4) is 0 Å². The molecule has 1 atom stereocenters. The van der Waals surface area contributed by atoms with E-state index >= 15 is 0 Å². The zero-order chi connectivity index (χ0) is 10.8. The van der Waals surface area contributed by atoms with E-state index in [1.165, 1.54) is 0 Å². The van der Waals surface area contributed by atoms with Crippen LogP contribution in [0.15, 0.2) is 0 Å². The van der Waals surface area contributed by atoms with E-state index in [9.17, 15) is 9.59 Å². The molecule has 1 aliphatic heterocycles. The Morgan fingerprint density at radius 2 is 2.29 bits per heavy atom. The van der Waals surface area contributed by atoms with Crippen molar-refractivity contribution in [2.75, 3.05) is 6.54 Å². The average Bonchev–Trinajstić information content (AvgIpc) is 2.52. The molecule has 4 nitrogen and oxygen atoms in total. The number of rotatable bonds is 3. The molecule has 0 aromatic rings. The van der Waals surface area contributed by atoms with Gasteiger partial charge in [0.25, 0.3) is 0 Å². The maximum Gasteiger partial charge on any atom is 0.242 e. The summed E-state index contributed by atoms with van der Waals surface area (Å²) in [6.45, 7) is 6.40. The number of nitrogens with one attached hydrogen (secondary N) is 2. The lowest BCUT2D eigenvalue weighted by Crippen LogP contribution is -2.45. The number of carbonyl (C=O) groups is 2. The Morgan fingerprint density at radius 3 is 2.71 bits per heavy atom. The first-order valence-electron chi connectivity index (χ1n) is 5.06. The second-order valence-electron chi connectivity index (χ2n) is 4.34. The monoisotopic (exact) mass is 198 g/mol. The van der Waals surface area contributed by atoms with Gasteiger partial charge in [0.1, 0.15) is 6.04 Å². The lowest BCUT2D eigenvalue weighted by molar-refractivity contribution is -0.133. The molecule has 1 heterocycles. The second kappa shape index (κ2) is 3.98. The van der Waals surface area contributed by atoms with E-state index < -0.39 is 0 Å². The van der Waals surface area contributed by atoms with E-state index in [2.05, 4.69) is 10.6 Å². The predicted octanol–water partition coefficient (Wildman–Crippen LogP) is 0.427. The number of amides is 2. The number of hydrogen-bond donors (Lipinski definition) is 2. The van der Waals surface area contributed by atoms with Crippen molar-refractivity contribution in [3.8, 4) is 0 Å². The normalized spacial score (nSPS) is 21.9. The lowest BCUT2D eigenvalue weighted by atomic mass is 9.89. The van der Waals surface area contributed by atoms with E-state index in [4.69, 9.17) is 0 Å². The zero-order valence-corrected chi connectivity index (χ0v) is 9.02. The Hall–Kier alpha value is -1.06. The molecule has 0 unspecified atom stereocenters. The third kappa shape index (κ3) is 2.25. The highest BCUT2D eigenvalue weighted by Crippen LogP contribution is 2.20. The van der Waals surface area contributed by atoms with Crippen molar-refractivity contribution in [1.82, 2.24) is 10.6 Å². The maximum atomic E-state index is 11.7. The molecular formula is C10H18N2O2. The van der Waals surface area contributed by atoms with Gasteiger partial charge in [0, 0.05) is 12.0 Å². The highest BCUT2D eigenvalue weighted by atomic mass is 16.2. The zero-order valence-electron chi connectivity index (χ0n) is 9.02. The van der Waals surface area contributed by atoms with E-state index in [1.807, 2.05) is 20.8 Å². The van der Waals surface area contributed by atoms with Gasteiger partial charge in [-0.2, -0.15) is 0 Å². The Kier molecular flexibility index (Phi) is 3.13. The molecule has 80 valence electrons. The van der Waals surface area contributed by atoms with Crippen LogP contribution in [0.2, 0.25) is 0 Å². The van der Waals surface area contributed by atoms with Crippen LogP contribution in [-0.4, -0.2) is 24.4 Å². The van der Waals surface area contributed by atoms with Gasteiger partial charge in [-0.3, -0.25) is 9.59 Å². The van der Waals surface area contributed by atoms with Crippen LogP contribution in [0, 0.1) is 5.41 Å². The van der Waals surface area contributed by atoms with Gasteiger partial charge in [-0.05, 0) is 12.8 Å². The quantitative estimate of drug-likeness (QED) is 0.690. The summed E-state index contributed by atoms with van der Waals surface area (Å²) in [4.78, 5) is 22.9. The van der Waals surface area contributed by atoms with Gasteiger partial charge < -0.3 is 10.6 Å². The van der Waals surface area contributed by atoms with Crippen LogP contribution in [0.25, 0.3) is 0 Å². The largest absolute Gasteiger partial charge is 0.354 e. The summed E-state index contributed by atoms with van der Waals surface area (Å²) in [6.07, 6.45) is 1.47. The molecule has 1 fully saturated rings. The van der Waals surface area contributed by atoms with Crippen LogP contribution < -0.4 is 10.6 Å². The van der Waals surface area contributed by atoms with E-state index in [-0.39, 0.29) is 23.3 Å². The van der Waals surface area contributed by atoms with Gasteiger partial charge in [-0.15, -0.1) is 0 Å². The molecule has 0 radical (unpaired) electrons. The van der Waals surface area contributed by atoms with Gasteiger partial charge in [0.05, 0.1) is 0 Å². The summed E-state index contributed by atoms with van der Waals surface area (Å²) >= 11 is 0. The van der Waals surface area contributed by atoms with Gasteiger partial charge in [0.2, 0.25) is 11.8 Å². The first-order valence-corrected chi connectivity index (χ1v) is 5.06. The highest BCUT2D eigenvalue weighted by Gasteiger charge is 2.31. The first kappa shape index (κ1) is 11.0. The minimum absolute atomic E-state index is 0.0398. The van der Waals surface area contributed by atoms with Crippen molar-refractivity contribution in [3.05, 3.63) is 0 Å². The summed E-state index contributed by atoms with van der Waals surface area (Å²) in [5, 5.41) is 5.46. The van der Waals surface area contributed by atoms with Crippen LogP contribution >= 0.6 is 0 Å². The van der Waals surface area contributed by atoms with Crippen molar-refractivity contribution in [2.24, 2.45) is 5.41 Å². The Bertz CT molecular complexity index is 249. The molecule has 0 aromatic carbocycles. The fraction of sp³-hybridized carbons (Fsp3) is 0.800. The molecule has 2 N–H and O–H groups in total. The fourth-order valence-electron chi connectivity index (χ4n) is 1.25. The number of hydrogen-bond acceptors (Lipinski definition) is 2. The van der Waals surface area contributed by atoms with Crippen molar-refractivity contribution in [2.45, 2.75) is 39.7 Å². The molecule has 1 saturated heterocycles. The van der Waals surface area contributed by atoms with Gasteiger partial charge in [-0.25, -0.2) is 0 Å². The third-order valence-electron chi connectivity index (χ3n) is 2.85. The van der Waals surface area contributed by atoms with Gasteiger partial charge >= 0.3 is 0 Å². The summed E-state index contributed by atoms with van der Waals surface area (Å²) in [7, 11) is 0. The fourth-order valence-corrected chi connectivity index (χ4v) is 1.25. The Balaban J connectivity index is 2.52. The summed E-state index contributed by atoms with van der Waals surface area (Å²) in [6, 6.07) is -0.326. The standard InChI is InChI=1S/C10H18N2O2/c1-4-10(2,3)9(14)12-7-5-6-11-8(7)13/h7H,4-6H2,1-3H3,(H,11,13)(H,12,14)/t7-/m0/s1. The molecule has 0 bridgehead atoms. The van der Waals surface area contributed by atoms with Crippen LogP contribution in [-0.2, 0) is 9.59 Å². The molecule has 0 aliphatic carbocycles. The van der Waals surface area contributed by atoms with Crippen molar-refractivity contribution in [3.63, 3.8) is 0 Å². The molecule has 1 aliphatic rings. The molecular weight excluding hydrogens is 180 g/mol. The van der Waals surface area contributed by atoms with Crippen LogP contribution in [0.4, 0.5) is 0 Å². The Labute approximate surface area is 84.4 Å². The average molecular weight is 198 g/mol. The number of carbonyl (C=O) groups excluding carboxylic acids is 2. The van der Waals surface area contributed by atoms with Crippen molar-refractivity contribution >= 4 is 11.8 Å². The molecule has 0 aromatic heterocycles. The second-order valence-corrected chi connectivity index (χ2v) is 4.34. The summed E-state index contributed by atoms with van der Waals surface area (Å²) in [5.74, 6) is -0.104. The molecule has 4 heteroatoms. The van der Waals surface area contributed by atoms with Gasteiger partial charge in [-0.1, -0.05) is 20.8 Å². The third-order valence-corrected chi connectivity index (χ3v) is 2.85. The first-order chi connectivity index (χ1) is 6.47. The van der Waals surface area contributed by atoms with Crippen LogP contribution in [0.5, 0.6) is 0 Å². The SMILES string of the molecule is CCC(C)(C)C(=O)N[C@H]1CCNC1=O. The van der Waals surface area contributed by atoms with E-state index in [0.717, 1.165) is 6.42 Å². The predicted molar refractivity (Wildman–Crippen MR) is 53.6 cm³/mol. The topological polar surface area (TPSA) is 58.2 Å². The molecule has 2 amide bonds. The van der Waals surface area contributed by atoms with Crippen molar-refractivity contribution in [1.29, 1.82) is 0 Å². The highest BCUT2D eigenvalue weighted by molar-refractivity contribution is 5.90. The van der Waals surface area contributed by atoms with E-state index in [0.29, 0.717) is 13.0 Å². The Morgan fingerprint density at radius 1 is 1.64 bits per heavy atom. The smallest absolute Gasteiger partial charge is 0.242 e. The minimum Gasteiger partial charge on any atom is -0.354 e. The molecule has 1 rings (SSSR count). The molecule has 0 spiro atoms. The summed E-state index contributed by atoms with van der Waals surface area (Å²) < 4.78 is 0. The van der Waals surface area contributed by atoms with Crippen LogP contribution in [0.1, 0.15) is 33.6 Å². The minimum atomic E-state index is -0.386. The molecule has 14 heavy (non-hydrogen) atoms. The molecule has 0 saturated carbocycles. The van der Waals surface area contributed by atoms with Gasteiger partial charge in [0.15, 0.2) is 0 Å². The maximum absolute atomic E-state index is 11.7.